The predicted octanol–water partition coefficient (Wildman–Crippen LogP) is 3.87. The summed E-state index contributed by atoms with van der Waals surface area (Å²) in [5.41, 5.74) is 2.95. The lowest BCUT2D eigenvalue weighted by Crippen LogP contribution is -2.48. The van der Waals surface area contributed by atoms with Crippen molar-refractivity contribution in [3.05, 3.63) is 66.0 Å². The minimum atomic E-state index is -3.69. The first-order chi connectivity index (χ1) is 21.7. The summed E-state index contributed by atoms with van der Waals surface area (Å²) < 4.78 is 31.5. The fraction of sp³-hybridized carbons (Fsp3) is 0.469. The van der Waals surface area contributed by atoms with Crippen molar-refractivity contribution in [2.24, 2.45) is 7.05 Å². The van der Waals surface area contributed by atoms with Gasteiger partial charge < -0.3 is 5.32 Å². The van der Waals surface area contributed by atoms with E-state index in [-0.39, 0.29) is 23.4 Å². The van der Waals surface area contributed by atoms with E-state index in [1.807, 2.05) is 31.2 Å². The Morgan fingerprint density at radius 2 is 1.67 bits per heavy atom. The largest absolute Gasteiger partial charge is 0.351 e. The van der Waals surface area contributed by atoms with Crippen LogP contribution in [0.15, 0.2) is 59.6 Å². The minimum Gasteiger partial charge on any atom is -0.351 e. The molecule has 1 N–H and O–H groups in total. The zero-order valence-electron chi connectivity index (χ0n) is 25.8. The molecule has 2 aromatic heterocycles. The van der Waals surface area contributed by atoms with Crippen molar-refractivity contribution in [1.29, 1.82) is 0 Å². The quantitative estimate of drug-likeness (QED) is 0.296. The van der Waals surface area contributed by atoms with Crippen LogP contribution < -0.4 is 10.2 Å². The van der Waals surface area contributed by atoms with Crippen LogP contribution in [0.1, 0.15) is 68.7 Å². The number of piperidine rings is 1. The van der Waals surface area contributed by atoms with E-state index in [4.69, 9.17) is 0 Å². The average molecular weight is 633 g/mol. The fourth-order valence-electron chi connectivity index (χ4n) is 6.52. The Hall–Kier alpha value is -4.10. The number of rotatable bonds is 9. The Bertz CT molecular complexity index is 1770. The Kier molecular flexibility index (Phi) is 8.99. The number of hydrogen-bond acceptors (Lipinski definition) is 7. The molecule has 2 amide bonds. The van der Waals surface area contributed by atoms with Crippen molar-refractivity contribution >= 4 is 38.6 Å². The topological polar surface area (TPSA) is 135 Å². The van der Waals surface area contributed by atoms with Crippen LogP contribution in [0.3, 0.4) is 0 Å². The van der Waals surface area contributed by atoms with Crippen LogP contribution in [-0.2, 0) is 33.2 Å². The van der Waals surface area contributed by atoms with Gasteiger partial charge in [0.1, 0.15) is 18.1 Å². The molecule has 6 rings (SSSR count). The number of sulfonamides is 1. The number of aromatic nitrogens is 5. The second kappa shape index (κ2) is 13.1. The first-order valence-electron chi connectivity index (χ1n) is 15.7. The molecule has 4 aromatic rings. The molecule has 1 saturated heterocycles. The van der Waals surface area contributed by atoms with Gasteiger partial charge in [-0.15, -0.1) is 5.10 Å². The predicted molar refractivity (Wildman–Crippen MR) is 170 cm³/mol. The third-order valence-electron chi connectivity index (χ3n) is 8.85. The molecule has 1 unspecified atom stereocenters. The molecule has 3 heterocycles. The van der Waals surface area contributed by atoms with Gasteiger partial charge in [-0.25, -0.2) is 13.1 Å². The summed E-state index contributed by atoms with van der Waals surface area (Å²) in [6, 6.07) is 12.6. The van der Waals surface area contributed by atoms with Gasteiger partial charge in [0.15, 0.2) is 0 Å². The standard InChI is InChI=1S/C32H40N8O4S/c1-23-27(21-37(2)35-23)31(32(42)33-24-11-5-3-6-12-24)40(30(41)22-39-29-14-8-7-13-28(29)34-36-39)25-15-17-26(18-16-25)45(43,44)38-19-9-4-10-20-38/h7-8,13-18,21,24,31H,3-6,9-12,19-20,22H2,1-2H3,(H,33,42). The Morgan fingerprint density at radius 1 is 0.978 bits per heavy atom. The van der Waals surface area contributed by atoms with Crippen molar-refractivity contribution in [3.8, 4) is 0 Å². The smallest absolute Gasteiger partial charge is 0.249 e. The first-order valence-corrected chi connectivity index (χ1v) is 17.2. The summed E-state index contributed by atoms with van der Waals surface area (Å²) >= 11 is 0. The van der Waals surface area contributed by atoms with Crippen molar-refractivity contribution < 1.29 is 18.0 Å². The lowest BCUT2D eigenvalue weighted by molar-refractivity contribution is -0.127. The number of benzene rings is 2. The second-order valence-electron chi connectivity index (χ2n) is 12.0. The second-order valence-corrected chi connectivity index (χ2v) is 14.0. The highest BCUT2D eigenvalue weighted by Gasteiger charge is 2.37. The molecule has 0 radical (unpaired) electrons. The maximum Gasteiger partial charge on any atom is 0.249 e. The Labute approximate surface area is 263 Å². The normalized spacial score (nSPS) is 17.3. The summed E-state index contributed by atoms with van der Waals surface area (Å²) in [5, 5.41) is 16.1. The molecular formula is C32H40N8O4S. The van der Waals surface area contributed by atoms with Crippen molar-refractivity contribution in [1.82, 2.24) is 34.4 Å². The van der Waals surface area contributed by atoms with Gasteiger partial charge in [-0.1, -0.05) is 43.0 Å². The third-order valence-corrected chi connectivity index (χ3v) is 10.8. The first kappa shape index (κ1) is 30.9. The maximum absolute atomic E-state index is 14.4. The molecule has 2 aromatic carbocycles. The van der Waals surface area contributed by atoms with E-state index in [0.717, 1.165) is 51.4 Å². The Morgan fingerprint density at radius 3 is 2.36 bits per heavy atom. The van der Waals surface area contributed by atoms with Gasteiger partial charge >= 0.3 is 0 Å². The number of fused-ring (bicyclic) bond motifs is 1. The molecule has 1 aliphatic heterocycles. The van der Waals surface area contributed by atoms with E-state index in [0.29, 0.717) is 41.1 Å². The number of aryl methyl sites for hydroxylation is 2. The molecule has 1 atom stereocenters. The monoisotopic (exact) mass is 632 g/mol. The van der Waals surface area contributed by atoms with Gasteiger partial charge in [-0.2, -0.15) is 9.40 Å². The van der Waals surface area contributed by atoms with Gasteiger partial charge in [0.2, 0.25) is 21.8 Å². The summed E-state index contributed by atoms with van der Waals surface area (Å²) in [4.78, 5) is 30.3. The van der Waals surface area contributed by atoms with Gasteiger partial charge in [-0.05, 0) is 69.0 Å². The van der Waals surface area contributed by atoms with E-state index >= 15 is 0 Å². The molecule has 1 aliphatic carbocycles. The average Bonchev–Trinajstić information content (AvgIpc) is 3.61. The van der Waals surface area contributed by atoms with Crippen LogP contribution in [0, 0.1) is 6.92 Å². The van der Waals surface area contributed by atoms with Crippen LogP contribution >= 0.6 is 0 Å². The van der Waals surface area contributed by atoms with E-state index < -0.39 is 22.0 Å². The molecule has 1 saturated carbocycles. The van der Waals surface area contributed by atoms with Gasteiger partial charge in [0, 0.05) is 43.6 Å². The minimum absolute atomic E-state index is 0.0130. The van der Waals surface area contributed by atoms with Crippen molar-refractivity contribution in [3.63, 3.8) is 0 Å². The van der Waals surface area contributed by atoms with Crippen LogP contribution in [-0.4, -0.2) is 68.4 Å². The van der Waals surface area contributed by atoms with E-state index in [2.05, 4.69) is 20.7 Å². The number of nitrogens with one attached hydrogen (secondary N) is 1. The lowest BCUT2D eigenvalue weighted by atomic mass is 9.94. The third kappa shape index (κ3) is 6.50. The highest BCUT2D eigenvalue weighted by Crippen LogP contribution is 2.32. The van der Waals surface area contributed by atoms with Crippen molar-refractivity contribution in [2.75, 3.05) is 18.0 Å². The van der Waals surface area contributed by atoms with Gasteiger partial charge in [0.05, 0.1) is 16.1 Å². The molecule has 0 spiro atoms. The maximum atomic E-state index is 14.4. The summed E-state index contributed by atoms with van der Waals surface area (Å²) in [7, 11) is -1.91. The molecule has 12 nitrogen and oxygen atoms in total. The zero-order valence-corrected chi connectivity index (χ0v) is 26.6. The zero-order chi connectivity index (χ0) is 31.6. The number of nitrogens with zero attached hydrogens (tertiary/aromatic N) is 7. The van der Waals surface area contributed by atoms with Gasteiger partial charge in [0.25, 0.3) is 0 Å². The number of hydrogen-bond donors (Lipinski definition) is 1. The van der Waals surface area contributed by atoms with E-state index in [9.17, 15) is 18.0 Å². The molecule has 13 heteroatoms. The van der Waals surface area contributed by atoms with Crippen LogP contribution in [0.25, 0.3) is 11.0 Å². The van der Waals surface area contributed by atoms with Crippen LogP contribution in [0.4, 0.5) is 5.69 Å². The number of anilines is 1. The van der Waals surface area contributed by atoms with Gasteiger partial charge in [-0.3, -0.25) is 19.2 Å². The molecule has 238 valence electrons. The highest BCUT2D eigenvalue weighted by molar-refractivity contribution is 7.89. The molecule has 0 bridgehead atoms. The fourth-order valence-corrected chi connectivity index (χ4v) is 8.04. The molecule has 45 heavy (non-hydrogen) atoms. The number of para-hydroxylation sites is 1. The number of carbonyl (C=O) groups is 2. The van der Waals surface area contributed by atoms with Crippen molar-refractivity contribution in [2.45, 2.75) is 81.8 Å². The van der Waals surface area contributed by atoms with E-state index in [1.54, 1.807) is 30.1 Å². The van der Waals surface area contributed by atoms with E-state index in [1.165, 1.54) is 26.0 Å². The Balaban J connectivity index is 1.41. The van der Waals surface area contributed by atoms with Crippen LogP contribution in [0.5, 0.6) is 0 Å². The van der Waals surface area contributed by atoms with Crippen LogP contribution in [0.2, 0.25) is 0 Å². The number of amides is 2. The summed E-state index contributed by atoms with van der Waals surface area (Å²) in [6.07, 6.45) is 9.42. The molecular weight excluding hydrogens is 592 g/mol. The SMILES string of the molecule is Cc1nn(C)cc1C(C(=O)NC1CCCCC1)N(C(=O)Cn1nnc2ccccc21)c1ccc(S(=O)(=O)N2CCCCC2)cc1. The molecule has 2 fully saturated rings. The lowest BCUT2D eigenvalue weighted by Gasteiger charge is -2.33. The molecule has 2 aliphatic rings. The summed E-state index contributed by atoms with van der Waals surface area (Å²) in [5.74, 6) is -0.704. The highest BCUT2D eigenvalue weighted by atomic mass is 32.2. The number of carbonyl (C=O) groups excluding carboxylic acids is 2. The summed E-state index contributed by atoms with van der Waals surface area (Å²) in [6.45, 7) is 2.62.